The van der Waals surface area contributed by atoms with Crippen molar-refractivity contribution >= 4 is 9.05 Å². The molecular weight excluding hydrogens is 276 g/mol. The predicted octanol–water partition coefficient (Wildman–Crippen LogP) is -1.74. The number of rotatable bonds is 0. The Kier molecular flexibility index (Phi) is 4.29. The van der Waals surface area contributed by atoms with E-state index in [1.165, 1.54) is 0 Å². The standard InChI is InChI=1S/N2O6Si.2NO3/c3-1-5-9(6-1)7-2(4)8-9;2*2-1(3)4/q+2;2*-1. The Balaban J connectivity index is 0.000000274. The van der Waals surface area contributed by atoms with E-state index in [0.717, 1.165) is 0 Å². The van der Waals surface area contributed by atoms with E-state index >= 15 is 0 Å². The Bertz CT molecular complexity index is 285. The second-order valence-corrected chi connectivity index (χ2v) is 3.49. The average Bonchev–Trinajstić information content (AvgIpc) is 1.96. The van der Waals surface area contributed by atoms with Gasteiger partial charge < -0.3 is 30.6 Å². The van der Waals surface area contributed by atoms with Gasteiger partial charge in [0.25, 0.3) is 0 Å². The molecule has 0 saturated carbocycles. The van der Waals surface area contributed by atoms with Gasteiger partial charge in [-0.3, -0.25) is 0 Å². The second kappa shape index (κ2) is 5.20. The molecule has 0 unspecified atom stereocenters. The lowest BCUT2D eigenvalue weighted by Gasteiger charge is -2.13. The summed E-state index contributed by atoms with van der Waals surface area (Å²) in [6.45, 7) is 0. The summed E-state index contributed by atoms with van der Waals surface area (Å²) < 4.78 is 16.6. The van der Waals surface area contributed by atoms with Crippen LogP contribution < -0.4 is 0 Å². The van der Waals surface area contributed by atoms with Crippen molar-refractivity contribution in [3.63, 3.8) is 0 Å². The van der Waals surface area contributed by atoms with E-state index in [1.54, 1.807) is 0 Å². The molecule has 17 heteroatoms. The minimum Gasteiger partial charge on any atom is -0.356 e. The third kappa shape index (κ3) is 5.46. The van der Waals surface area contributed by atoms with Crippen LogP contribution in [0, 0.1) is 40.5 Å². The smallest absolute Gasteiger partial charge is 0.356 e. The maximum Gasteiger partial charge on any atom is 1.21 e. The van der Waals surface area contributed by atoms with Crippen LogP contribution in [0.15, 0.2) is 0 Å². The highest BCUT2D eigenvalue weighted by molar-refractivity contribution is 6.54. The molecule has 1 spiro atoms. The van der Waals surface area contributed by atoms with Gasteiger partial charge in [0.15, 0.2) is 0 Å². The Morgan fingerprint density at radius 3 is 1.06 bits per heavy atom. The Morgan fingerprint density at radius 1 is 0.765 bits per heavy atom. The van der Waals surface area contributed by atoms with Crippen molar-refractivity contribution in [3.05, 3.63) is 40.5 Å². The van der Waals surface area contributed by atoms with Gasteiger partial charge in [0.05, 0.1) is 10.2 Å². The molecule has 0 atom stereocenters. The molecule has 96 valence electrons. The van der Waals surface area contributed by atoms with Crippen molar-refractivity contribution in [3.8, 4) is 0 Å². The van der Waals surface area contributed by atoms with E-state index in [-0.39, 0.29) is 10.2 Å². The molecule has 2 aliphatic rings. The molecule has 2 aliphatic heterocycles. The first-order chi connectivity index (χ1) is 7.67. The lowest BCUT2D eigenvalue weighted by Crippen LogP contribution is -2.70. The minimum absolute atomic E-state index is 0.181. The summed E-state index contributed by atoms with van der Waals surface area (Å²) in [6, 6.07) is 0. The first kappa shape index (κ1) is 14.0. The zero-order valence-electron chi connectivity index (χ0n) is 7.19. The van der Waals surface area contributed by atoms with E-state index in [9.17, 15) is 9.81 Å². The molecule has 0 aliphatic carbocycles. The van der Waals surface area contributed by atoms with E-state index in [4.69, 9.17) is 30.6 Å². The molecule has 0 aromatic carbocycles. The first-order valence-corrected chi connectivity index (χ1v) is 4.64. The topological polar surface area (TPSA) is 209 Å². The van der Waals surface area contributed by atoms with Gasteiger partial charge in [-0.1, -0.05) is 0 Å². The van der Waals surface area contributed by atoms with Crippen LogP contribution in [0.5, 0.6) is 0 Å². The molecule has 0 N–H and O–H groups in total. The highest BCUT2D eigenvalue weighted by Gasteiger charge is 3.00. The Labute approximate surface area is 89.1 Å². The maximum absolute atomic E-state index is 9.84. The summed E-state index contributed by atoms with van der Waals surface area (Å²) >= 11 is 0. The van der Waals surface area contributed by atoms with Crippen LogP contribution in [0.1, 0.15) is 0 Å². The van der Waals surface area contributed by atoms with Crippen molar-refractivity contribution in [2.75, 3.05) is 0 Å². The van der Waals surface area contributed by atoms with Crippen molar-refractivity contribution in [1.82, 2.24) is 0 Å². The van der Waals surface area contributed by atoms with Crippen LogP contribution in [0.4, 0.5) is 0 Å². The molecule has 0 radical (unpaired) electrons. The van der Waals surface area contributed by atoms with Crippen LogP contribution in [-0.4, -0.2) is 29.4 Å². The predicted molar refractivity (Wildman–Crippen MR) is 38.1 cm³/mol. The number of hydrogen-bond donors (Lipinski definition) is 0. The van der Waals surface area contributed by atoms with Gasteiger partial charge in [0, 0.05) is 0 Å². The third-order valence-corrected chi connectivity index (χ3v) is 2.24. The molecule has 2 heterocycles. The molecule has 0 bridgehead atoms. The Hall–Kier alpha value is -2.98. The molecule has 17 heavy (non-hydrogen) atoms. The molecule has 0 amide bonds. The van der Waals surface area contributed by atoms with Gasteiger partial charge in [0.2, 0.25) is 0 Å². The molecule has 0 aromatic rings. The average molecular weight is 276 g/mol. The monoisotopic (exact) mass is 276 g/mol. The van der Waals surface area contributed by atoms with Crippen LogP contribution >= 0.6 is 0 Å². The summed E-state index contributed by atoms with van der Waals surface area (Å²) in [5, 5.41) is 29.1. The SMILES string of the molecule is O=[N+]([O-])[O-].O=[N+]([O-])[O-].O=[N+]1O[Si]2(O1)O[N+](=O)O2. The van der Waals surface area contributed by atoms with Crippen LogP contribution in [0.3, 0.4) is 0 Å². The van der Waals surface area contributed by atoms with Crippen molar-refractivity contribution < 1.29 is 38.5 Å². The molecule has 2 rings (SSSR count). The third-order valence-electron chi connectivity index (χ3n) is 0.745. The normalized spacial score (nSPS) is 16.7. The minimum atomic E-state index is -3.19. The lowest BCUT2D eigenvalue weighted by atomic mass is 13.1. The molecular formula is N4O12Si. The fraction of sp³-hybridized carbons (Fsp3) is 0. The molecule has 2 fully saturated rings. The van der Waals surface area contributed by atoms with Gasteiger partial charge in [-0.25, -0.2) is 0 Å². The fourth-order valence-electron chi connectivity index (χ4n) is 0.445. The van der Waals surface area contributed by atoms with Gasteiger partial charge in [-0.2, -0.15) is 0 Å². The zero-order chi connectivity index (χ0) is 13.6. The van der Waals surface area contributed by atoms with Crippen molar-refractivity contribution in [2.24, 2.45) is 0 Å². The molecule has 0 aromatic heterocycles. The first-order valence-electron chi connectivity index (χ1n) is 3.01. The highest BCUT2D eigenvalue weighted by Crippen LogP contribution is 2.28. The summed E-state index contributed by atoms with van der Waals surface area (Å²) in [5.74, 6) is 0. The summed E-state index contributed by atoms with van der Waals surface area (Å²) in [4.78, 5) is 36.2. The summed E-state index contributed by atoms with van der Waals surface area (Å²) in [6.07, 6.45) is 0. The summed E-state index contributed by atoms with van der Waals surface area (Å²) in [7, 11) is -3.19. The van der Waals surface area contributed by atoms with Crippen molar-refractivity contribution in [2.45, 2.75) is 0 Å². The van der Waals surface area contributed by atoms with E-state index in [2.05, 4.69) is 18.1 Å². The number of hydrogen-bond acceptors (Lipinski definition) is 12. The maximum atomic E-state index is 9.84. The van der Waals surface area contributed by atoms with E-state index in [0.29, 0.717) is 0 Å². The van der Waals surface area contributed by atoms with Gasteiger partial charge in [-0.05, 0) is 0 Å². The van der Waals surface area contributed by atoms with E-state index in [1.807, 2.05) is 0 Å². The largest absolute Gasteiger partial charge is 1.21 e. The second-order valence-electron chi connectivity index (χ2n) is 1.76. The quantitative estimate of drug-likeness (QED) is 0.274. The molecule has 16 nitrogen and oxygen atoms in total. The number of nitrogens with zero attached hydrogens (tertiary/aromatic N) is 4. The van der Waals surface area contributed by atoms with Gasteiger partial charge >= 0.3 is 19.2 Å². The zero-order valence-corrected chi connectivity index (χ0v) is 8.19. The fourth-order valence-corrected chi connectivity index (χ4v) is 1.34. The van der Waals surface area contributed by atoms with E-state index < -0.39 is 19.2 Å². The van der Waals surface area contributed by atoms with Crippen LogP contribution in [0.25, 0.3) is 0 Å². The molecule has 2 saturated heterocycles. The van der Waals surface area contributed by atoms with Gasteiger partial charge in [0.1, 0.15) is 9.81 Å². The van der Waals surface area contributed by atoms with Gasteiger partial charge in [-0.15, -0.1) is 18.1 Å². The lowest BCUT2D eigenvalue weighted by molar-refractivity contribution is -1.10. The Morgan fingerprint density at radius 2 is 0.941 bits per heavy atom. The highest BCUT2D eigenvalue weighted by atomic mass is 28.4. The van der Waals surface area contributed by atoms with Crippen LogP contribution in [0.2, 0.25) is 0 Å². The van der Waals surface area contributed by atoms with Crippen molar-refractivity contribution in [1.29, 1.82) is 0 Å². The van der Waals surface area contributed by atoms with Crippen LogP contribution in [-0.2, 0) is 18.1 Å². The summed E-state index contributed by atoms with van der Waals surface area (Å²) in [5.41, 5.74) is 0.